The summed E-state index contributed by atoms with van der Waals surface area (Å²) in [5, 5.41) is 0. The minimum absolute atomic E-state index is 0.0914. The quantitative estimate of drug-likeness (QED) is 0.474. The highest BCUT2D eigenvalue weighted by molar-refractivity contribution is 7.90. The van der Waals surface area contributed by atoms with Gasteiger partial charge in [0.15, 0.2) is 15.8 Å². The Balaban J connectivity index is 3.62. The van der Waals surface area contributed by atoms with Gasteiger partial charge in [-0.1, -0.05) is 19.1 Å². The van der Waals surface area contributed by atoms with Crippen LogP contribution in [-0.4, -0.2) is 26.5 Å². The SMILES string of the molecule is C=CCc1cc(CC)c(C(=O)N=C(N)N)cc1S(C)(=O)=O. The molecule has 0 atom stereocenters. The van der Waals surface area contributed by atoms with E-state index in [9.17, 15) is 13.2 Å². The third-order valence-electron chi connectivity index (χ3n) is 2.89. The Morgan fingerprint density at radius 1 is 1.33 bits per heavy atom. The molecule has 0 aliphatic rings. The molecule has 21 heavy (non-hydrogen) atoms. The van der Waals surface area contributed by atoms with Crippen LogP contribution < -0.4 is 11.5 Å². The number of carbonyl (C=O) groups excluding carboxylic acids is 1. The number of rotatable bonds is 5. The van der Waals surface area contributed by atoms with E-state index < -0.39 is 15.7 Å². The molecule has 0 aliphatic heterocycles. The maximum atomic E-state index is 12.0. The van der Waals surface area contributed by atoms with Crippen molar-refractivity contribution in [2.24, 2.45) is 16.5 Å². The number of aliphatic imine (C=N–C) groups is 1. The Morgan fingerprint density at radius 3 is 2.38 bits per heavy atom. The van der Waals surface area contributed by atoms with Gasteiger partial charge in [-0.3, -0.25) is 4.79 Å². The molecular weight excluding hydrogens is 290 g/mol. The molecule has 0 unspecified atom stereocenters. The van der Waals surface area contributed by atoms with Gasteiger partial charge in [0.25, 0.3) is 5.91 Å². The van der Waals surface area contributed by atoms with Gasteiger partial charge in [-0.05, 0) is 30.0 Å². The number of hydrogen-bond acceptors (Lipinski definition) is 3. The number of benzene rings is 1. The summed E-state index contributed by atoms with van der Waals surface area (Å²) < 4.78 is 23.8. The summed E-state index contributed by atoms with van der Waals surface area (Å²) in [5.41, 5.74) is 11.9. The zero-order valence-electron chi connectivity index (χ0n) is 12.1. The number of amides is 1. The van der Waals surface area contributed by atoms with Gasteiger partial charge >= 0.3 is 0 Å². The number of carbonyl (C=O) groups is 1. The van der Waals surface area contributed by atoms with Crippen LogP contribution >= 0.6 is 0 Å². The van der Waals surface area contributed by atoms with Crippen LogP contribution in [0.4, 0.5) is 0 Å². The summed E-state index contributed by atoms with van der Waals surface area (Å²) in [5.74, 6) is -1.01. The van der Waals surface area contributed by atoms with Gasteiger partial charge in [-0.2, -0.15) is 4.99 Å². The van der Waals surface area contributed by atoms with Crippen molar-refractivity contribution < 1.29 is 13.2 Å². The molecule has 0 spiro atoms. The highest BCUT2D eigenvalue weighted by Gasteiger charge is 2.19. The highest BCUT2D eigenvalue weighted by Crippen LogP contribution is 2.23. The van der Waals surface area contributed by atoms with Gasteiger partial charge in [0, 0.05) is 11.8 Å². The normalized spacial score (nSPS) is 11.0. The number of nitrogens with zero attached hydrogens (tertiary/aromatic N) is 1. The molecule has 114 valence electrons. The highest BCUT2D eigenvalue weighted by atomic mass is 32.2. The maximum Gasteiger partial charge on any atom is 0.280 e. The van der Waals surface area contributed by atoms with E-state index >= 15 is 0 Å². The summed E-state index contributed by atoms with van der Waals surface area (Å²) in [6.45, 7) is 5.48. The van der Waals surface area contributed by atoms with Gasteiger partial charge in [0.2, 0.25) is 0 Å². The zero-order chi connectivity index (χ0) is 16.2. The molecule has 1 aromatic rings. The molecule has 4 N–H and O–H groups in total. The molecule has 0 aromatic heterocycles. The molecular formula is C14H19N3O3S. The Kier molecular flexibility index (Phi) is 5.26. The van der Waals surface area contributed by atoms with Crippen molar-refractivity contribution in [3.05, 3.63) is 41.5 Å². The Bertz CT molecular complexity index is 702. The minimum atomic E-state index is -3.48. The number of guanidine groups is 1. The topological polar surface area (TPSA) is 116 Å². The van der Waals surface area contributed by atoms with Crippen LogP contribution in [0.3, 0.4) is 0 Å². The van der Waals surface area contributed by atoms with E-state index in [4.69, 9.17) is 11.5 Å². The van der Waals surface area contributed by atoms with E-state index in [1.807, 2.05) is 6.92 Å². The minimum Gasteiger partial charge on any atom is -0.370 e. The molecule has 1 aromatic carbocycles. The largest absolute Gasteiger partial charge is 0.370 e. The zero-order valence-corrected chi connectivity index (χ0v) is 12.9. The number of hydrogen-bond donors (Lipinski definition) is 2. The van der Waals surface area contributed by atoms with Gasteiger partial charge in [0.05, 0.1) is 4.90 Å². The van der Waals surface area contributed by atoms with E-state index in [1.54, 1.807) is 12.1 Å². The third-order valence-corrected chi connectivity index (χ3v) is 4.07. The van der Waals surface area contributed by atoms with E-state index in [0.717, 1.165) is 6.26 Å². The first-order chi connectivity index (χ1) is 9.70. The lowest BCUT2D eigenvalue weighted by atomic mass is 9.99. The second-order valence-corrected chi connectivity index (χ2v) is 6.56. The van der Waals surface area contributed by atoms with Crippen molar-refractivity contribution in [3.63, 3.8) is 0 Å². The molecule has 7 heteroatoms. The first kappa shape index (κ1) is 16.9. The van der Waals surface area contributed by atoms with Crippen molar-refractivity contribution in [1.29, 1.82) is 0 Å². The lowest BCUT2D eigenvalue weighted by Gasteiger charge is -2.12. The van der Waals surface area contributed by atoms with Gasteiger partial charge in [-0.15, -0.1) is 6.58 Å². The summed E-state index contributed by atoms with van der Waals surface area (Å²) >= 11 is 0. The fourth-order valence-corrected chi connectivity index (χ4v) is 2.96. The van der Waals surface area contributed by atoms with E-state index in [1.165, 1.54) is 6.07 Å². The smallest absolute Gasteiger partial charge is 0.280 e. The summed E-state index contributed by atoms with van der Waals surface area (Å²) in [4.78, 5) is 15.6. The molecule has 0 saturated carbocycles. The first-order valence-corrected chi connectivity index (χ1v) is 8.20. The number of aryl methyl sites for hydroxylation is 1. The Labute approximate surface area is 124 Å². The third kappa shape index (κ3) is 4.16. The lowest BCUT2D eigenvalue weighted by molar-refractivity contribution is 0.100. The molecule has 1 amide bonds. The van der Waals surface area contributed by atoms with Gasteiger partial charge < -0.3 is 11.5 Å². The van der Waals surface area contributed by atoms with Crippen LogP contribution in [-0.2, 0) is 22.7 Å². The van der Waals surface area contributed by atoms with Crippen molar-refractivity contribution in [3.8, 4) is 0 Å². The average molecular weight is 309 g/mol. The Hall–Kier alpha value is -2.15. The van der Waals surface area contributed by atoms with Crippen LogP contribution in [0, 0.1) is 0 Å². The predicted octanol–water partition coefficient (Wildman–Crippen LogP) is 0.795. The monoisotopic (exact) mass is 309 g/mol. The summed E-state index contributed by atoms with van der Waals surface area (Å²) in [6.07, 6.45) is 3.65. The second-order valence-electron chi connectivity index (χ2n) is 4.58. The number of sulfone groups is 1. The summed E-state index contributed by atoms with van der Waals surface area (Å²) in [7, 11) is -3.48. The maximum absolute atomic E-state index is 12.0. The molecule has 0 fully saturated rings. The van der Waals surface area contributed by atoms with Crippen LogP contribution in [0.25, 0.3) is 0 Å². The number of nitrogens with two attached hydrogens (primary N) is 2. The van der Waals surface area contributed by atoms with Crippen LogP contribution in [0.2, 0.25) is 0 Å². The summed E-state index contributed by atoms with van der Waals surface area (Å²) in [6, 6.07) is 3.02. The molecule has 0 saturated heterocycles. The van der Waals surface area contributed by atoms with Crippen LogP contribution in [0.5, 0.6) is 0 Å². The first-order valence-electron chi connectivity index (χ1n) is 6.31. The second kappa shape index (κ2) is 6.53. The predicted molar refractivity (Wildman–Crippen MR) is 83.0 cm³/mol. The van der Waals surface area contributed by atoms with Crippen molar-refractivity contribution >= 4 is 21.7 Å². The fourth-order valence-electron chi connectivity index (χ4n) is 2.00. The van der Waals surface area contributed by atoms with Crippen molar-refractivity contribution in [1.82, 2.24) is 0 Å². The molecule has 0 aliphatic carbocycles. The van der Waals surface area contributed by atoms with Crippen molar-refractivity contribution in [2.75, 3.05) is 6.26 Å². The molecule has 0 bridgehead atoms. The fraction of sp³-hybridized carbons (Fsp3) is 0.286. The lowest BCUT2D eigenvalue weighted by Crippen LogP contribution is -2.24. The molecule has 1 rings (SSSR count). The van der Waals surface area contributed by atoms with Crippen LogP contribution in [0.15, 0.2) is 34.7 Å². The van der Waals surface area contributed by atoms with E-state index in [0.29, 0.717) is 24.0 Å². The Morgan fingerprint density at radius 2 is 1.95 bits per heavy atom. The molecule has 0 radical (unpaired) electrons. The molecule has 0 heterocycles. The van der Waals surface area contributed by atoms with Crippen molar-refractivity contribution in [2.45, 2.75) is 24.7 Å². The van der Waals surface area contributed by atoms with Crippen LogP contribution in [0.1, 0.15) is 28.4 Å². The van der Waals surface area contributed by atoms with E-state index in [-0.39, 0.29) is 16.4 Å². The standard InChI is InChI=1S/C14H19N3O3S/c1-4-6-10-7-9(5-2)11(13(18)17-14(15)16)8-12(10)21(3,19)20/h4,7-8H,1,5-6H2,2-3H3,(H4,15,16,17,18). The molecule has 6 nitrogen and oxygen atoms in total. The van der Waals surface area contributed by atoms with Gasteiger partial charge in [0.1, 0.15) is 0 Å². The van der Waals surface area contributed by atoms with E-state index in [2.05, 4.69) is 11.6 Å². The average Bonchev–Trinajstić information content (AvgIpc) is 2.36. The van der Waals surface area contributed by atoms with Gasteiger partial charge in [-0.25, -0.2) is 8.42 Å². The number of allylic oxidation sites excluding steroid dienone is 1.